The fourth-order valence-corrected chi connectivity index (χ4v) is 2.03. The van der Waals surface area contributed by atoms with Gasteiger partial charge in [-0.2, -0.15) is 0 Å². The SMILES string of the molecule is O=C(Nc1ccccc1F)c1ccccc1I. The van der Waals surface area contributed by atoms with Crippen LogP contribution in [0.1, 0.15) is 10.4 Å². The Morgan fingerprint density at radius 2 is 1.71 bits per heavy atom. The van der Waals surface area contributed by atoms with E-state index < -0.39 is 5.82 Å². The molecule has 1 amide bonds. The lowest BCUT2D eigenvalue weighted by molar-refractivity contribution is 0.102. The van der Waals surface area contributed by atoms with Crippen LogP contribution in [0.5, 0.6) is 0 Å². The maximum Gasteiger partial charge on any atom is 0.256 e. The fourth-order valence-electron chi connectivity index (χ4n) is 1.40. The molecule has 17 heavy (non-hydrogen) atoms. The van der Waals surface area contributed by atoms with E-state index in [2.05, 4.69) is 27.9 Å². The number of carbonyl (C=O) groups is 1. The maximum atomic E-state index is 13.3. The number of halogens is 2. The Balaban J connectivity index is 2.24. The van der Waals surface area contributed by atoms with Gasteiger partial charge >= 0.3 is 0 Å². The maximum absolute atomic E-state index is 13.3. The topological polar surface area (TPSA) is 29.1 Å². The molecule has 86 valence electrons. The van der Waals surface area contributed by atoms with Crippen LogP contribution in [0, 0.1) is 9.39 Å². The van der Waals surface area contributed by atoms with Gasteiger partial charge in [0.05, 0.1) is 11.3 Å². The van der Waals surface area contributed by atoms with E-state index in [0.29, 0.717) is 5.56 Å². The molecule has 0 heterocycles. The number of nitrogens with one attached hydrogen (secondary N) is 1. The molecule has 0 saturated carbocycles. The van der Waals surface area contributed by atoms with Crippen LogP contribution in [-0.4, -0.2) is 5.91 Å². The van der Waals surface area contributed by atoms with Gasteiger partial charge in [0.1, 0.15) is 5.82 Å². The number of rotatable bonds is 2. The van der Waals surface area contributed by atoms with Gasteiger partial charge in [-0.15, -0.1) is 0 Å². The smallest absolute Gasteiger partial charge is 0.256 e. The second-order valence-corrected chi connectivity index (χ2v) is 4.58. The first kappa shape index (κ1) is 12.0. The number of anilines is 1. The van der Waals surface area contributed by atoms with Crippen molar-refractivity contribution in [2.24, 2.45) is 0 Å². The first-order chi connectivity index (χ1) is 8.18. The van der Waals surface area contributed by atoms with Gasteiger partial charge in [0, 0.05) is 3.57 Å². The number of hydrogen-bond acceptors (Lipinski definition) is 1. The van der Waals surface area contributed by atoms with Crippen molar-refractivity contribution in [3.8, 4) is 0 Å². The quantitative estimate of drug-likeness (QED) is 0.830. The third-order valence-electron chi connectivity index (χ3n) is 2.24. The number of hydrogen-bond donors (Lipinski definition) is 1. The van der Waals surface area contributed by atoms with Crippen molar-refractivity contribution in [3.63, 3.8) is 0 Å². The van der Waals surface area contributed by atoms with Crippen LogP contribution in [0.4, 0.5) is 10.1 Å². The van der Waals surface area contributed by atoms with Gasteiger partial charge in [-0.1, -0.05) is 24.3 Å². The summed E-state index contributed by atoms with van der Waals surface area (Å²) in [6, 6.07) is 13.3. The van der Waals surface area contributed by atoms with E-state index in [1.165, 1.54) is 12.1 Å². The zero-order valence-corrected chi connectivity index (χ0v) is 10.9. The van der Waals surface area contributed by atoms with Crippen molar-refractivity contribution in [2.75, 3.05) is 5.32 Å². The minimum absolute atomic E-state index is 0.192. The van der Waals surface area contributed by atoms with Crippen molar-refractivity contribution in [2.45, 2.75) is 0 Å². The highest BCUT2D eigenvalue weighted by atomic mass is 127. The third-order valence-corrected chi connectivity index (χ3v) is 3.18. The van der Waals surface area contributed by atoms with E-state index in [1.54, 1.807) is 24.3 Å². The molecule has 0 atom stereocenters. The summed E-state index contributed by atoms with van der Waals surface area (Å²) in [6.45, 7) is 0. The van der Waals surface area contributed by atoms with Gasteiger partial charge in [-0.05, 0) is 46.9 Å². The first-order valence-electron chi connectivity index (χ1n) is 4.99. The molecule has 0 aliphatic rings. The first-order valence-corrected chi connectivity index (χ1v) is 6.07. The molecule has 0 fully saturated rings. The average molecular weight is 341 g/mol. The van der Waals surface area contributed by atoms with E-state index >= 15 is 0 Å². The highest BCUT2D eigenvalue weighted by Crippen LogP contribution is 2.16. The molecule has 2 rings (SSSR count). The average Bonchev–Trinajstić information content (AvgIpc) is 2.32. The molecule has 0 radical (unpaired) electrons. The van der Waals surface area contributed by atoms with Gasteiger partial charge in [0.25, 0.3) is 5.91 Å². The molecule has 4 heteroatoms. The van der Waals surface area contributed by atoms with E-state index in [1.807, 2.05) is 12.1 Å². The van der Waals surface area contributed by atoms with Gasteiger partial charge in [-0.25, -0.2) is 4.39 Å². The molecule has 0 saturated heterocycles. The molecule has 0 unspecified atom stereocenters. The predicted molar refractivity (Wildman–Crippen MR) is 73.5 cm³/mol. The molecule has 0 spiro atoms. The van der Waals surface area contributed by atoms with Crippen LogP contribution in [0.25, 0.3) is 0 Å². The van der Waals surface area contributed by atoms with Crippen LogP contribution in [0.2, 0.25) is 0 Å². The lowest BCUT2D eigenvalue weighted by Gasteiger charge is -2.07. The van der Waals surface area contributed by atoms with E-state index in [4.69, 9.17) is 0 Å². The van der Waals surface area contributed by atoms with E-state index in [0.717, 1.165) is 3.57 Å². The highest BCUT2D eigenvalue weighted by Gasteiger charge is 2.10. The van der Waals surface area contributed by atoms with Gasteiger partial charge in [0.2, 0.25) is 0 Å². The number of para-hydroxylation sites is 1. The second-order valence-electron chi connectivity index (χ2n) is 3.41. The summed E-state index contributed by atoms with van der Waals surface area (Å²) in [4.78, 5) is 11.9. The largest absolute Gasteiger partial charge is 0.319 e. The molecular weight excluding hydrogens is 332 g/mol. The zero-order chi connectivity index (χ0) is 12.3. The van der Waals surface area contributed by atoms with Gasteiger partial charge in [-0.3, -0.25) is 4.79 Å². The summed E-state index contributed by atoms with van der Waals surface area (Å²) in [5.41, 5.74) is 0.730. The van der Waals surface area contributed by atoms with Crippen LogP contribution in [0.3, 0.4) is 0 Å². The summed E-state index contributed by atoms with van der Waals surface area (Å²) in [5, 5.41) is 2.55. The molecule has 1 N–H and O–H groups in total. The van der Waals surface area contributed by atoms with Crippen molar-refractivity contribution >= 4 is 34.2 Å². The third kappa shape index (κ3) is 2.82. The van der Waals surface area contributed by atoms with E-state index in [-0.39, 0.29) is 11.6 Å². The molecule has 2 nitrogen and oxygen atoms in total. The molecule has 0 bridgehead atoms. The van der Waals surface area contributed by atoms with Crippen LogP contribution in [-0.2, 0) is 0 Å². The molecule has 0 aliphatic carbocycles. The van der Waals surface area contributed by atoms with Gasteiger partial charge in [0.15, 0.2) is 0 Å². The summed E-state index contributed by atoms with van der Waals surface area (Å²) in [7, 11) is 0. The molecule has 0 aromatic heterocycles. The molecule has 2 aromatic rings. The Hall–Kier alpha value is -1.43. The minimum Gasteiger partial charge on any atom is -0.319 e. The standard InChI is InChI=1S/C13H9FINO/c14-10-6-2-4-8-12(10)16-13(17)9-5-1-3-7-11(9)15/h1-8H,(H,16,17). The van der Waals surface area contributed by atoms with Gasteiger partial charge < -0.3 is 5.32 Å². The number of carbonyl (C=O) groups excluding carboxylic acids is 1. The zero-order valence-electron chi connectivity index (χ0n) is 8.78. The van der Waals surface area contributed by atoms with Crippen LogP contribution >= 0.6 is 22.6 Å². The normalized spacial score (nSPS) is 10.0. The van der Waals surface area contributed by atoms with Crippen molar-refractivity contribution in [3.05, 3.63) is 63.5 Å². The molecule has 0 aliphatic heterocycles. The van der Waals surface area contributed by atoms with Crippen LogP contribution < -0.4 is 5.32 Å². The molecular formula is C13H9FINO. The Labute approximate surface area is 112 Å². The van der Waals surface area contributed by atoms with Crippen molar-refractivity contribution in [1.29, 1.82) is 0 Å². The number of amides is 1. The Kier molecular flexibility index (Phi) is 3.73. The summed E-state index contributed by atoms with van der Waals surface area (Å²) >= 11 is 2.07. The molecule has 2 aromatic carbocycles. The summed E-state index contributed by atoms with van der Waals surface area (Å²) in [5.74, 6) is -0.744. The monoisotopic (exact) mass is 341 g/mol. The van der Waals surface area contributed by atoms with Crippen LogP contribution in [0.15, 0.2) is 48.5 Å². The summed E-state index contributed by atoms with van der Waals surface area (Å²) in [6.07, 6.45) is 0. The second kappa shape index (κ2) is 5.27. The Morgan fingerprint density at radius 1 is 1.06 bits per heavy atom. The van der Waals surface area contributed by atoms with Crippen molar-refractivity contribution < 1.29 is 9.18 Å². The Morgan fingerprint density at radius 3 is 2.41 bits per heavy atom. The fraction of sp³-hybridized carbons (Fsp3) is 0. The van der Waals surface area contributed by atoms with E-state index in [9.17, 15) is 9.18 Å². The highest BCUT2D eigenvalue weighted by molar-refractivity contribution is 14.1. The number of benzene rings is 2. The van der Waals surface area contributed by atoms with Crippen molar-refractivity contribution in [1.82, 2.24) is 0 Å². The Bertz CT molecular complexity index is 557. The lowest BCUT2D eigenvalue weighted by Crippen LogP contribution is -2.14. The summed E-state index contributed by atoms with van der Waals surface area (Å²) < 4.78 is 14.2. The minimum atomic E-state index is -0.438. The predicted octanol–water partition coefficient (Wildman–Crippen LogP) is 3.68. The lowest BCUT2D eigenvalue weighted by atomic mass is 10.2.